The van der Waals surface area contributed by atoms with Gasteiger partial charge in [-0.1, -0.05) is 13.8 Å². The maximum atomic E-state index is 11.0. The highest BCUT2D eigenvalue weighted by molar-refractivity contribution is 5.89. The lowest BCUT2D eigenvalue weighted by Crippen LogP contribution is -2.18. The van der Waals surface area contributed by atoms with Crippen LogP contribution in [-0.2, 0) is 0 Å². The SMILES string of the molecule is CC(C)CC(C)Nc1ccc(C(=O)O)cc1[N+](=O)[O-]. The van der Waals surface area contributed by atoms with Crippen LogP contribution in [0, 0.1) is 16.0 Å². The van der Waals surface area contributed by atoms with Gasteiger partial charge in [-0.25, -0.2) is 4.79 Å². The molecule has 0 saturated carbocycles. The summed E-state index contributed by atoms with van der Waals surface area (Å²) in [5.74, 6) is -0.704. The number of benzene rings is 1. The van der Waals surface area contributed by atoms with Gasteiger partial charge in [0, 0.05) is 12.1 Å². The number of hydrogen-bond donors (Lipinski definition) is 2. The highest BCUT2D eigenvalue weighted by Gasteiger charge is 2.18. The van der Waals surface area contributed by atoms with Crippen molar-refractivity contribution in [3.63, 3.8) is 0 Å². The quantitative estimate of drug-likeness (QED) is 0.609. The second-order valence-electron chi connectivity index (χ2n) is 4.97. The smallest absolute Gasteiger partial charge is 0.335 e. The molecular formula is C13H18N2O4. The molecule has 0 spiro atoms. The van der Waals surface area contributed by atoms with Gasteiger partial charge in [-0.2, -0.15) is 0 Å². The Bertz CT molecular complexity index is 486. The Hall–Kier alpha value is -2.11. The van der Waals surface area contributed by atoms with Crippen molar-refractivity contribution >= 4 is 17.3 Å². The van der Waals surface area contributed by atoms with Crippen LogP contribution in [-0.4, -0.2) is 22.0 Å². The molecule has 104 valence electrons. The van der Waals surface area contributed by atoms with E-state index >= 15 is 0 Å². The minimum atomic E-state index is -1.18. The number of hydrogen-bond acceptors (Lipinski definition) is 4. The fourth-order valence-corrected chi connectivity index (χ4v) is 1.97. The van der Waals surface area contributed by atoms with Crippen LogP contribution in [0.15, 0.2) is 18.2 Å². The number of carboxylic acid groups (broad SMARTS) is 1. The van der Waals surface area contributed by atoms with Crippen LogP contribution in [0.4, 0.5) is 11.4 Å². The first-order chi connectivity index (χ1) is 8.81. The van der Waals surface area contributed by atoms with Gasteiger partial charge < -0.3 is 10.4 Å². The van der Waals surface area contributed by atoms with Gasteiger partial charge in [-0.3, -0.25) is 10.1 Å². The Morgan fingerprint density at radius 2 is 2.05 bits per heavy atom. The fraction of sp³-hybridized carbons (Fsp3) is 0.462. The average molecular weight is 266 g/mol. The Labute approximate surface area is 111 Å². The Morgan fingerprint density at radius 1 is 1.42 bits per heavy atom. The van der Waals surface area contributed by atoms with Crippen LogP contribution in [0.5, 0.6) is 0 Å². The van der Waals surface area contributed by atoms with E-state index in [-0.39, 0.29) is 17.3 Å². The van der Waals surface area contributed by atoms with E-state index in [2.05, 4.69) is 19.2 Å². The fourth-order valence-electron chi connectivity index (χ4n) is 1.97. The summed E-state index contributed by atoms with van der Waals surface area (Å²) in [4.78, 5) is 21.2. The van der Waals surface area contributed by atoms with E-state index in [0.29, 0.717) is 11.6 Å². The molecule has 0 radical (unpaired) electrons. The number of carboxylic acids is 1. The molecule has 6 heteroatoms. The standard InChI is InChI=1S/C13H18N2O4/c1-8(2)6-9(3)14-11-5-4-10(13(16)17)7-12(11)15(18)19/h4-5,7-9,14H,6H2,1-3H3,(H,16,17). The van der Waals surface area contributed by atoms with Gasteiger partial charge >= 0.3 is 5.97 Å². The molecule has 19 heavy (non-hydrogen) atoms. The van der Waals surface area contributed by atoms with Crippen LogP contribution >= 0.6 is 0 Å². The van der Waals surface area contributed by atoms with E-state index in [1.54, 1.807) is 0 Å². The maximum absolute atomic E-state index is 11.0. The van der Waals surface area contributed by atoms with Crippen molar-refractivity contribution in [3.05, 3.63) is 33.9 Å². The molecule has 0 heterocycles. The zero-order chi connectivity index (χ0) is 14.6. The summed E-state index contributed by atoms with van der Waals surface area (Å²) in [6.45, 7) is 6.08. The van der Waals surface area contributed by atoms with Gasteiger partial charge in [-0.05, 0) is 31.4 Å². The van der Waals surface area contributed by atoms with E-state index in [0.717, 1.165) is 12.5 Å². The van der Waals surface area contributed by atoms with Crippen molar-refractivity contribution in [2.45, 2.75) is 33.2 Å². The lowest BCUT2D eigenvalue weighted by Gasteiger charge is -2.17. The van der Waals surface area contributed by atoms with Gasteiger partial charge in [0.25, 0.3) is 5.69 Å². The number of aromatic carboxylic acids is 1. The summed E-state index contributed by atoms with van der Waals surface area (Å²) >= 11 is 0. The molecule has 0 saturated heterocycles. The first kappa shape index (κ1) is 14.9. The van der Waals surface area contributed by atoms with Crippen molar-refractivity contribution in [2.75, 3.05) is 5.32 Å². The Kier molecular flexibility index (Phi) is 4.86. The van der Waals surface area contributed by atoms with Crippen molar-refractivity contribution < 1.29 is 14.8 Å². The molecule has 0 aliphatic heterocycles. The predicted molar refractivity (Wildman–Crippen MR) is 72.6 cm³/mol. The number of nitrogens with one attached hydrogen (secondary N) is 1. The zero-order valence-electron chi connectivity index (χ0n) is 11.2. The van der Waals surface area contributed by atoms with Crippen molar-refractivity contribution in [1.82, 2.24) is 0 Å². The molecule has 0 aromatic heterocycles. The van der Waals surface area contributed by atoms with E-state index < -0.39 is 10.9 Å². The first-order valence-corrected chi connectivity index (χ1v) is 6.09. The highest BCUT2D eigenvalue weighted by Crippen LogP contribution is 2.27. The maximum Gasteiger partial charge on any atom is 0.335 e. The van der Waals surface area contributed by atoms with Crippen molar-refractivity contribution in [1.29, 1.82) is 0 Å². The van der Waals surface area contributed by atoms with Gasteiger partial charge in [0.15, 0.2) is 0 Å². The number of anilines is 1. The van der Waals surface area contributed by atoms with Crippen LogP contribution in [0.1, 0.15) is 37.6 Å². The normalized spacial score (nSPS) is 12.2. The largest absolute Gasteiger partial charge is 0.478 e. The molecule has 1 aromatic rings. The minimum Gasteiger partial charge on any atom is -0.478 e. The number of nitro benzene ring substituents is 1. The van der Waals surface area contributed by atoms with Crippen LogP contribution in [0.2, 0.25) is 0 Å². The average Bonchev–Trinajstić information content (AvgIpc) is 2.27. The third kappa shape index (κ3) is 4.24. The van der Waals surface area contributed by atoms with E-state index in [9.17, 15) is 14.9 Å². The number of nitrogens with zero attached hydrogens (tertiary/aromatic N) is 1. The van der Waals surface area contributed by atoms with Gasteiger partial charge in [-0.15, -0.1) is 0 Å². The molecule has 0 amide bonds. The van der Waals surface area contributed by atoms with E-state index in [4.69, 9.17) is 5.11 Å². The summed E-state index contributed by atoms with van der Waals surface area (Å²) in [6, 6.07) is 3.96. The van der Waals surface area contributed by atoms with Crippen LogP contribution in [0.25, 0.3) is 0 Å². The minimum absolute atomic E-state index is 0.0781. The lowest BCUT2D eigenvalue weighted by atomic mass is 10.0. The number of rotatable bonds is 6. The van der Waals surface area contributed by atoms with Crippen molar-refractivity contribution in [2.24, 2.45) is 5.92 Å². The zero-order valence-corrected chi connectivity index (χ0v) is 11.2. The summed E-state index contributed by atoms with van der Waals surface area (Å²) < 4.78 is 0. The summed E-state index contributed by atoms with van der Waals surface area (Å²) in [5.41, 5.74) is 0.0485. The molecular weight excluding hydrogens is 248 g/mol. The van der Waals surface area contributed by atoms with Crippen molar-refractivity contribution in [3.8, 4) is 0 Å². The van der Waals surface area contributed by atoms with Gasteiger partial charge in [0.1, 0.15) is 5.69 Å². The third-order valence-corrected chi connectivity index (χ3v) is 2.67. The topological polar surface area (TPSA) is 92.5 Å². The molecule has 0 fully saturated rings. The van der Waals surface area contributed by atoms with E-state index in [1.165, 1.54) is 12.1 Å². The molecule has 0 aliphatic carbocycles. The molecule has 0 bridgehead atoms. The summed E-state index contributed by atoms with van der Waals surface area (Å²) in [6.07, 6.45) is 0.873. The third-order valence-electron chi connectivity index (χ3n) is 2.67. The molecule has 1 unspecified atom stereocenters. The molecule has 6 nitrogen and oxygen atoms in total. The monoisotopic (exact) mass is 266 g/mol. The number of nitro groups is 1. The van der Waals surface area contributed by atoms with Gasteiger partial charge in [0.05, 0.1) is 10.5 Å². The second kappa shape index (κ2) is 6.17. The molecule has 0 aliphatic rings. The van der Waals surface area contributed by atoms with Gasteiger partial charge in [0.2, 0.25) is 0 Å². The lowest BCUT2D eigenvalue weighted by molar-refractivity contribution is -0.384. The summed E-state index contributed by atoms with van der Waals surface area (Å²) in [7, 11) is 0. The second-order valence-corrected chi connectivity index (χ2v) is 4.97. The number of carbonyl (C=O) groups is 1. The highest BCUT2D eigenvalue weighted by atomic mass is 16.6. The molecule has 1 atom stereocenters. The first-order valence-electron chi connectivity index (χ1n) is 6.09. The Balaban J connectivity index is 3.00. The van der Waals surface area contributed by atoms with E-state index in [1.807, 2.05) is 6.92 Å². The summed E-state index contributed by atoms with van der Waals surface area (Å²) in [5, 5.41) is 22.9. The van der Waals surface area contributed by atoms with Crippen LogP contribution < -0.4 is 5.32 Å². The Morgan fingerprint density at radius 3 is 2.53 bits per heavy atom. The molecule has 2 N–H and O–H groups in total. The molecule has 1 rings (SSSR count). The molecule has 1 aromatic carbocycles. The van der Waals surface area contributed by atoms with Crippen LogP contribution in [0.3, 0.4) is 0 Å². The predicted octanol–water partition coefficient (Wildman–Crippen LogP) is 3.14.